The van der Waals surface area contributed by atoms with Crippen molar-refractivity contribution in [2.75, 3.05) is 18.5 Å². The molecule has 3 rings (SSSR count). The van der Waals surface area contributed by atoms with E-state index in [1.54, 1.807) is 9.80 Å². The SMILES string of the molecule is C[C@@H](c1ccccc1)N(C)C(=O)Cc1csc(N2CCCC2=O)n1. The van der Waals surface area contributed by atoms with Crippen molar-refractivity contribution in [3.8, 4) is 0 Å². The minimum absolute atomic E-state index is 0.0111. The number of rotatable bonds is 5. The van der Waals surface area contributed by atoms with Gasteiger partial charge in [0.05, 0.1) is 18.2 Å². The molecule has 0 N–H and O–H groups in total. The van der Waals surface area contributed by atoms with E-state index in [1.165, 1.54) is 11.3 Å². The van der Waals surface area contributed by atoms with Crippen LogP contribution in [0.3, 0.4) is 0 Å². The molecule has 1 fully saturated rings. The maximum absolute atomic E-state index is 12.5. The standard InChI is InChI=1S/C18H21N3O2S/c1-13(14-7-4-3-5-8-14)20(2)17(23)11-15-12-24-18(19-15)21-10-6-9-16(21)22/h3-5,7-8,12-13H,6,9-11H2,1-2H3/t13-/m0/s1. The Labute approximate surface area is 145 Å². The topological polar surface area (TPSA) is 53.5 Å². The van der Waals surface area contributed by atoms with Gasteiger partial charge in [-0.1, -0.05) is 30.3 Å². The first-order valence-electron chi connectivity index (χ1n) is 8.11. The van der Waals surface area contributed by atoms with Crippen LogP contribution in [0.5, 0.6) is 0 Å². The first-order valence-corrected chi connectivity index (χ1v) is 8.99. The minimum Gasteiger partial charge on any atom is -0.339 e. The summed E-state index contributed by atoms with van der Waals surface area (Å²) in [5, 5.41) is 2.58. The quantitative estimate of drug-likeness (QED) is 0.838. The van der Waals surface area contributed by atoms with Crippen LogP contribution in [-0.4, -0.2) is 35.3 Å². The summed E-state index contributed by atoms with van der Waals surface area (Å²) in [6.07, 6.45) is 1.72. The molecule has 2 amide bonds. The number of carbonyl (C=O) groups excluding carboxylic acids is 2. The summed E-state index contributed by atoms with van der Waals surface area (Å²) < 4.78 is 0. The van der Waals surface area contributed by atoms with Crippen LogP contribution in [0.4, 0.5) is 5.13 Å². The van der Waals surface area contributed by atoms with Gasteiger partial charge >= 0.3 is 0 Å². The average Bonchev–Trinajstić information content (AvgIpc) is 3.22. The second-order valence-electron chi connectivity index (χ2n) is 6.04. The fourth-order valence-electron chi connectivity index (χ4n) is 2.80. The summed E-state index contributed by atoms with van der Waals surface area (Å²) in [6.45, 7) is 2.74. The summed E-state index contributed by atoms with van der Waals surface area (Å²) in [7, 11) is 1.82. The van der Waals surface area contributed by atoms with E-state index in [4.69, 9.17) is 0 Å². The molecular formula is C18H21N3O2S. The van der Waals surface area contributed by atoms with E-state index in [9.17, 15) is 9.59 Å². The van der Waals surface area contributed by atoms with Gasteiger partial charge in [0, 0.05) is 25.4 Å². The van der Waals surface area contributed by atoms with E-state index in [2.05, 4.69) is 4.98 Å². The lowest BCUT2D eigenvalue weighted by Gasteiger charge is -2.25. The fourth-order valence-corrected chi connectivity index (χ4v) is 3.67. The van der Waals surface area contributed by atoms with Crippen LogP contribution in [0.15, 0.2) is 35.7 Å². The molecule has 1 saturated heterocycles. The lowest BCUT2D eigenvalue weighted by molar-refractivity contribution is -0.131. The first kappa shape index (κ1) is 16.6. The van der Waals surface area contributed by atoms with E-state index < -0.39 is 0 Å². The van der Waals surface area contributed by atoms with Gasteiger partial charge in [0.1, 0.15) is 0 Å². The molecule has 0 bridgehead atoms. The highest BCUT2D eigenvalue weighted by atomic mass is 32.1. The molecule has 1 aromatic heterocycles. The third-order valence-corrected chi connectivity index (χ3v) is 5.35. The van der Waals surface area contributed by atoms with Gasteiger partial charge in [-0.15, -0.1) is 11.3 Å². The van der Waals surface area contributed by atoms with E-state index in [-0.39, 0.29) is 24.3 Å². The Kier molecular flexibility index (Phi) is 4.94. The number of amides is 2. The molecule has 1 aliphatic heterocycles. The molecule has 126 valence electrons. The zero-order valence-electron chi connectivity index (χ0n) is 13.9. The van der Waals surface area contributed by atoms with Gasteiger partial charge in [-0.3, -0.25) is 14.5 Å². The lowest BCUT2D eigenvalue weighted by Crippen LogP contribution is -2.31. The van der Waals surface area contributed by atoms with Gasteiger partial charge in [0.2, 0.25) is 11.8 Å². The van der Waals surface area contributed by atoms with E-state index in [0.29, 0.717) is 11.6 Å². The van der Waals surface area contributed by atoms with Gasteiger partial charge < -0.3 is 4.90 Å². The van der Waals surface area contributed by atoms with Crippen LogP contribution in [-0.2, 0) is 16.0 Å². The maximum Gasteiger partial charge on any atom is 0.228 e. The molecule has 1 atom stereocenters. The number of benzene rings is 1. The summed E-state index contributed by atoms with van der Waals surface area (Å²) >= 11 is 1.43. The minimum atomic E-state index is 0.0111. The van der Waals surface area contributed by atoms with Crippen LogP contribution >= 0.6 is 11.3 Å². The Bertz CT molecular complexity index is 729. The molecule has 2 aromatic rings. The summed E-state index contributed by atoms with van der Waals surface area (Å²) in [6, 6.07) is 9.97. The van der Waals surface area contributed by atoms with E-state index in [1.807, 2.05) is 49.7 Å². The van der Waals surface area contributed by atoms with Crippen molar-refractivity contribution in [2.45, 2.75) is 32.2 Å². The molecule has 1 aromatic carbocycles. The number of hydrogen-bond acceptors (Lipinski definition) is 4. The molecule has 0 aliphatic carbocycles. The molecule has 1 aliphatic rings. The first-order chi connectivity index (χ1) is 11.6. The molecule has 24 heavy (non-hydrogen) atoms. The number of anilines is 1. The smallest absolute Gasteiger partial charge is 0.228 e. The van der Waals surface area contributed by atoms with Crippen LogP contribution in [0.25, 0.3) is 0 Å². The van der Waals surface area contributed by atoms with Crippen molar-refractivity contribution in [1.82, 2.24) is 9.88 Å². The number of carbonyl (C=O) groups is 2. The summed E-state index contributed by atoms with van der Waals surface area (Å²) in [4.78, 5) is 32.2. The van der Waals surface area contributed by atoms with Gasteiger partial charge in [0.15, 0.2) is 5.13 Å². The molecule has 0 radical (unpaired) electrons. The van der Waals surface area contributed by atoms with Crippen molar-refractivity contribution in [3.63, 3.8) is 0 Å². The average molecular weight is 343 g/mol. The van der Waals surface area contributed by atoms with Gasteiger partial charge in [-0.05, 0) is 18.9 Å². The Morgan fingerprint density at radius 3 is 2.79 bits per heavy atom. The number of thiazole rings is 1. The Hall–Kier alpha value is -2.21. The zero-order valence-corrected chi connectivity index (χ0v) is 14.8. The van der Waals surface area contributed by atoms with E-state index >= 15 is 0 Å². The predicted octanol–water partition coefficient (Wildman–Crippen LogP) is 3.03. The van der Waals surface area contributed by atoms with Crippen LogP contribution < -0.4 is 4.90 Å². The number of hydrogen-bond donors (Lipinski definition) is 0. The van der Waals surface area contributed by atoms with Gasteiger partial charge in [0.25, 0.3) is 0 Å². The highest BCUT2D eigenvalue weighted by Crippen LogP contribution is 2.26. The number of likely N-dealkylation sites (N-methyl/N-ethyl adjacent to an activating group) is 1. The highest BCUT2D eigenvalue weighted by Gasteiger charge is 2.25. The van der Waals surface area contributed by atoms with Crippen molar-refractivity contribution in [3.05, 3.63) is 47.0 Å². The summed E-state index contributed by atoms with van der Waals surface area (Å²) in [5.41, 5.74) is 1.83. The van der Waals surface area contributed by atoms with Crippen molar-refractivity contribution < 1.29 is 9.59 Å². The van der Waals surface area contributed by atoms with Crippen LogP contribution in [0.1, 0.15) is 37.1 Å². The molecule has 0 unspecified atom stereocenters. The predicted molar refractivity (Wildman–Crippen MR) is 95.0 cm³/mol. The molecule has 2 heterocycles. The van der Waals surface area contributed by atoms with Gasteiger partial charge in [-0.2, -0.15) is 0 Å². The van der Waals surface area contributed by atoms with Crippen LogP contribution in [0.2, 0.25) is 0 Å². The Balaban J connectivity index is 1.64. The van der Waals surface area contributed by atoms with Crippen molar-refractivity contribution >= 4 is 28.3 Å². The zero-order chi connectivity index (χ0) is 17.1. The Morgan fingerprint density at radius 2 is 2.12 bits per heavy atom. The van der Waals surface area contributed by atoms with E-state index in [0.717, 1.165) is 24.2 Å². The second-order valence-corrected chi connectivity index (χ2v) is 6.87. The Morgan fingerprint density at radius 1 is 1.38 bits per heavy atom. The molecular weight excluding hydrogens is 322 g/mol. The number of nitrogens with zero attached hydrogens (tertiary/aromatic N) is 3. The van der Waals surface area contributed by atoms with Crippen molar-refractivity contribution in [2.24, 2.45) is 0 Å². The van der Waals surface area contributed by atoms with Crippen molar-refractivity contribution in [1.29, 1.82) is 0 Å². The molecule has 6 heteroatoms. The summed E-state index contributed by atoms with van der Waals surface area (Å²) in [5.74, 6) is 0.146. The lowest BCUT2D eigenvalue weighted by atomic mass is 10.1. The molecule has 0 spiro atoms. The second kappa shape index (κ2) is 7.13. The third kappa shape index (κ3) is 3.48. The van der Waals surface area contributed by atoms with Gasteiger partial charge in [-0.25, -0.2) is 4.98 Å². The largest absolute Gasteiger partial charge is 0.339 e. The molecule has 5 nitrogen and oxygen atoms in total. The number of aromatic nitrogens is 1. The monoisotopic (exact) mass is 343 g/mol. The third-order valence-electron chi connectivity index (χ3n) is 4.43. The fraction of sp³-hybridized carbons (Fsp3) is 0.389. The maximum atomic E-state index is 12.5. The highest BCUT2D eigenvalue weighted by molar-refractivity contribution is 7.14. The van der Waals surface area contributed by atoms with Crippen LogP contribution in [0, 0.1) is 0 Å². The molecule has 0 saturated carbocycles. The normalized spacial score (nSPS) is 15.6.